The molecular formula is C17H17ClO3. The average Bonchev–Trinajstić information content (AvgIpc) is 2.88. The van der Waals surface area contributed by atoms with Gasteiger partial charge in [-0.05, 0) is 36.2 Å². The van der Waals surface area contributed by atoms with Crippen molar-refractivity contribution >= 4 is 11.6 Å². The molecule has 3 rings (SSSR count). The molecule has 110 valence electrons. The van der Waals surface area contributed by atoms with Crippen molar-refractivity contribution < 1.29 is 14.6 Å². The van der Waals surface area contributed by atoms with Gasteiger partial charge in [-0.3, -0.25) is 0 Å². The summed E-state index contributed by atoms with van der Waals surface area (Å²) in [5, 5.41) is 10.0. The first kappa shape index (κ1) is 14.2. The number of benzene rings is 2. The third-order valence-electron chi connectivity index (χ3n) is 3.58. The Morgan fingerprint density at radius 1 is 1.33 bits per heavy atom. The first-order chi connectivity index (χ1) is 10.1. The first-order valence-electron chi connectivity index (χ1n) is 6.98. The van der Waals surface area contributed by atoms with Crippen molar-refractivity contribution in [3.05, 3.63) is 58.6 Å². The first-order valence-corrected chi connectivity index (χ1v) is 7.36. The second-order valence-corrected chi connectivity index (χ2v) is 5.64. The van der Waals surface area contributed by atoms with Crippen LogP contribution in [-0.2, 0) is 6.42 Å². The summed E-state index contributed by atoms with van der Waals surface area (Å²) in [5.41, 5.74) is 1.98. The third-order valence-corrected chi connectivity index (χ3v) is 3.87. The summed E-state index contributed by atoms with van der Waals surface area (Å²) >= 11 is 6.17. The fraction of sp³-hybridized carbons (Fsp3) is 0.294. The molecule has 0 fully saturated rings. The third kappa shape index (κ3) is 3.14. The van der Waals surface area contributed by atoms with Crippen LogP contribution in [0.4, 0.5) is 0 Å². The lowest BCUT2D eigenvalue weighted by atomic mass is 10.1. The summed E-state index contributed by atoms with van der Waals surface area (Å²) in [6.45, 7) is 2.15. The van der Waals surface area contributed by atoms with E-state index in [-0.39, 0.29) is 6.10 Å². The van der Waals surface area contributed by atoms with E-state index in [0.29, 0.717) is 17.4 Å². The zero-order chi connectivity index (χ0) is 14.8. The Bertz CT molecular complexity index is 615. The Kier molecular flexibility index (Phi) is 4.04. The zero-order valence-corrected chi connectivity index (χ0v) is 12.5. The molecule has 0 bridgehead atoms. The van der Waals surface area contributed by atoms with E-state index in [4.69, 9.17) is 21.1 Å². The van der Waals surface area contributed by atoms with Crippen molar-refractivity contribution in [2.75, 3.05) is 6.61 Å². The molecule has 4 heteroatoms. The molecule has 0 amide bonds. The maximum atomic E-state index is 9.52. The maximum Gasteiger partial charge on any atom is 0.138 e. The summed E-state index contributed by atoms with van der Waals surface area (Å²) in [6, 6.07) is 13.3. The van der Waals surface area contributed by atoms with E-state index in [1.54, 1.807) is 19.1 Å². The van der Waals surface area contributed by atoms with E-state index in [2.05, 4.69) is 6.07 Å². The minimum atomic E-state index is -0.538. The van der Waals surface area contributed by atoms with E-state index in [1.807, 2.05) is 24.3 Å². The largest absolute Gasteiger partial charge is 0.488 e. The highest BCUT2D eigenvalue weighted by Gasteiger charge is 2.23. The molecule has 21 heavy (non-hydrogen) atoms. The number of hydrogen-bond donors (Lipinski definition) is 1. The number of aliphatic hydroxyl groups excluding tert-OH is 1. The molecule has 0 aliphatic carbocycles. The molecule has 0 aromatic heterocycles. The van der Waals surface area contributed by atoms with Crippen LogP contribution in [0, 0.1) is 0 Å². The molecule has 3 nitrogen and oxygen atoms in total. The highest BCUT2D eigenvalue weighted by molar-refractivity contribution is 6.32. The van der Waals surface area contributed by atoms with Gasteiger partial charge >= 0.3 is 0 Å². The predicted molar refractivity (Wildman–Crippen MR) is 82.1 cm³/mol. The summed E-state index contributed by atoms with van der Waals surface area (Å²) in [5.74, 6) is 1.54. The average molecular weight is 305 g/mol. The molecule has 1 aliphatic heterocycles. The Morgan fingerprint density at radius 2 is 2.14 bits per heavy atom. The quantitative estimate of drug-likeness (QED) is 0.934. The standard InChI is InChI=1S/C17H17ClO3/c1-11(19)12-6-7-17(15(18)9-12)20-10-14-8-13-4-2-3-5-16(13)21-14/h2-7,9,11,14,19H,8,10H2,1H3. The van der Waals surface area contributed by atoms with Gasteiger partial charge in [-0.1, -0.05) is 35.9 Å². The second-order valence-electron chi connectivity index (χ2n) is 5.23. The topological polar surface area (TPSA) is 38.7 Å². The fourth-order valence-corrected chi connectivity index (χ4v) is 2.67. The van der Waals surface area contributed by atoms with Crippen LogP contribution in [0.3, 0.4) is 0 Å². The predicted octanol–water partition coefficient (Wildman–Crippen LogP) is 3.78. The van der Waals surface area contributed by atoms with Crippen LogP contribution in [0.25, 0.3) is 0 Å². The van der Waals surface area contributed by atoms with Gasteiger partial charge in [-0.15, -0.1) is 0 Å². The Hall–Kier alpha value is -1.71. The summed E-state index contributed by atoms with van der Waals surface area (Å²) < 4.78 is 11.6. The number of para-hydroxylation sites is 1. The summed E-state index contributed by atoms with van der Waals surface area (Å²) in [4.78, 5) is 0. The van der Waals surface area contributed by atoms with Crippen molar-refractivity contribution in [1.82, 2.24) is 0 Å². The van der Waals surface area contributed by atoms with Gasteiger partial charge in [-0.25, -0.2) is 0 Å². The number of hydrogen-bond acceptors (Lipinski definition) is 3. The van der Waals surface area contributed by atoms with Gasteiger partial charge in [0, 0.05) is 6.42 Å². The van der Waals surface area contributed by atoms with Gasteiger partial charge in [-0.2, -0.15) is 0 Å². The smallest absolute Gasteiger partial charge is 0.138 e. The van der Waals surface area contributed by atoms with Gasteiger partial charge in [0.25, 0.3) is 0 Å². The molecule has 2 atom stereocenters. The van der Waals surface area contributed by atoms with Crippen molar-refractivity contribution in [3.63, 3.8) is 0 Å². The highest BCUT2D eigenvalue weighted by Crippen LogP contribution is 2.31. The minimum absolute atomic E-state index is 0.00917. The highest BCUT2D eigenvalue weighted by atomic mass is 35.5. The molecule has 0 radical (unpaired) electrons. The summed E-state index contributed by atoms with van der Waals surface area (Å²) in [7, 11) is 0. The maximum absolute atomic E-state index is 9.52. The molecule has 2 aromatic carbocycles. The number of ether oxygens (including phenoxy) is 2. The van der Waals surface area contributed by atoms with Crippen LogP contribution in [0.1, 0.15) is 24.2 Å². The molecule has 1 heterocycles. The minimum Gasteiger partial charge on any atom is -0.488 e. The van der Waals surface area contributed by atoms with Gasteiger partial charge in [0.05, 0.1) is 11.1 Å². The van der Waals surface area contributed by atoms with Crippen LogP contribution in [0.15, 0.2) is 42.5 Å². The Morgan fingerprint density at radius 3 is 2.86 bits per heavy atom. The zero-order valence-electron chi connectivity index (χ0n) is 11.8. The Labute approximate surface area is 129 Å². The van der Waals surface area contributed by atoms with Crippen molar-refractivity contribution in [2.24, 2.45) is 0 Å². The van der Waals surface area contributed by atoms with Crippen molar-refractivity contribution in [2.45, 2.75) is 25.6 Å². The molecule has 2 unspecified atom stereocenters. The van der Waals surface area contributed by atoms with E-state index in [9.17, 15) is 5.11 Å². The normalized spacial score (nSPS) is 18.0. The second kappa shape index (κ2) is 5.96. The van der Waals surface area contributed by atoms with E-state index >= 15 is 0 Å². The van der Waals surface area contributed by atoms with Crippen LogP contribution < -0.4 is 9.47 Å². The lowest BCUT2D eigenvalue weighted by Crippen LogP contribution is -2.22. The lowest BCUT2D eigenvalue weighted by molar-refractivity contribution is 0.148. The van der Waals surface area contributed by atoms with Crippen molar-refractivity contribution in [1.29, 1.82) is 0 Å². The van der Waals surface area contributed by atoms with Gasteiger partial charge < -0.3 is 14.6 Å². The number of rotatable bonds is 4. The lowest BCUT2D eigenvalue weighted by Gasteiger charge is -2.14. The SMILES string of the molecule is CC(O)c1ccc(OCC2Cc3ccccc3O2)c(Cl)c1. The Balaban J connectivity index is 1.62. The van der Waals surface area contributed by atoms with Crippen LogP contribution in [0.5, 0.6) is 11.5 Å². The molecule has 0 saturated heterocycles. The number of aliphatic hydroxyl groups is 1. The molecule has 2 aromatic rings. The van der Waals surface area contributed by atoms with Crippen LogP contribution in [0.2, 0.25) is 5.02 Å². The van der Waals surface area contributed by atoms with Crippen LogP contribution in [-0.4, -0.2) is 17.8 Å². The molecule has 0 spiro atoms. The molecular weight excluding hydrogens is 288 g/mol. The van der Waals surface area contributed by atoms with Crippen LogP contribution >= 0.6 is 11.6 Å². The molecule has 0 saturated carbocycles. The van der Waals surface area contributed by atoms with Gasteiger partial charge in [0.15, 0.2) is 0 Å². The van der Waals surface area contributed by atoms with Gasteiger partial charge in [0.2, 0.25) is 0 Å². The van der Waals surface area contributed by atoms with Crippen molar-refractivity contribution in [3.8, 4) is 11.5 Å². The van der Waals surface area contributed by atoms with E-state index in [0.717, 1.165) is 17.7 Å². The van der Waals surface area contributed by atoms with E-state index < -0.39 is 6.10 Å². The van der Waals surface area contributed by atoms with Gasteiger partial charge in [0.1, 0.15) is 24.2 Å². The fourth-order valence-electron chi connectivity index (χ4n) is 2.42. The van der Waals surface area contributed by atoms with E-state index in [1.165, 1.54) is 5.56 Å². The monoisotopic (exact) mass is 304 g/mol. The molecule has 1 aliphatic rings. The summed E-state index contributed by atoms with van der Waals surface area (Å²) in [6.07, 6.45) is 0.318. The molecule has 1 N–H and O–H groups in total. The number of fused-ring (bicyclic) bond motifs is 1. The number of halogens is 1.